The van der Waals surface area contributed by atoms with E-state index < -0.39 is 0 Å². The molecule has 0 N–H and O–H groups in total. The van der Waals surface area contributed by atoms with Crippen LogP contribution in [-0.2, 0) is 0 Å². The van der Waals surface area contributed by atoms with E-state index in [1.807, 2.05) is 48.5 Å². The highest BCUT2D eigenvalue weighted by Crippen LogP contribution is 2.53. The van der Waals surface area contributed by atoms with Crippen molar-refractivity contribution in [1.29, 1.82) is 0 Å². The standard InChI is InChI=1S/C43H25N3O/c1-3-11-26(12-4-1)27-21-23-30(24-22-27)42-44-41(29-13-5-2-6-14-29)45-43(46-42)35-25-34-31-18-9-15-28-16-10-19-33(37(28)31)39(34)40-38(35)32-17-7-8-20-36(32)47-40/h1-25H. The van der Waals surface area contributed by atoms with Crippen LogP contribution >= 0.6 is 0 Å². The molecule has 4 heteroatoms. The Morgan fingerprint density at radius 3 is 1.70 bits per heavy atom. The molecule has 7 aromatic carbocycles. The first-order valence-corrected chi connectivity index (χ1v) is 15.8. The third kappa shape index (κ3) is 3.98. The number of hydrogen-bond acceptors (Lipinski definition) is 4. The summed E-state index contributed by atoms with van der Waals surface area (Å²) in [6.45, 7) is 0. The summed E-state index contributed by atoms with van der Waals surface area (Å²) in [4.78, 5) is 15.4. The van der Waals surface area contributed by atoms with E-state index in [-0.39, 0.29) is 0 Å². The molecule has 0 fully saturated rings. The fraction of sp³-hybridized carbons (Fsp3) is 0. The zero-order chi connectivity index (χ0) is 30.9. The predicted octanol–water partition coefficient (Wildman–Crippen LogP) is 11.2. The van der Waals surface area contributed by atoms with E-state index in [1.54, 1.807) is 0 Å². The van der Waals surface area contributed by atoms with Crippen LogP contribution in [0.15, 0.2) is 156 Å². The Morgan fingerprint density at radius 1 is 0.383 bits per heavy atom. The maximum absolute atomic E-state index is 6.73. The number of para-hydroxylation sites is 1. The summed E-state index contributed by atoms with van der Waals surface area (Å²) in [6, 6.07) is 52.5. The minimum atomic E-state index is 0.614. The van der Waals surface area contributed by atoms with E-state index in [0.29, 0.717) is 17.5 Å². The Bertz CT molecular complexity index is 2650. The summed E-state index contributed by atoms with van der Waals surface area (Å²) in [6.07, 6.45) is 0. The minimum absolute atomic E-state index is 0.614. The van der Waals surface area contributed by atoms with Crippen LogP contribution in [0.1, 0.15) is 0 Å². The molecule has 1 aliphatic carbocycles. The van der Waals surface area contributed by atoms with E-state index in [0.717, 1.165) is 55.3 Å². The van der Waals surface area contributed by atoms with Crippen molar-refractivity contribution in [3.63, 3.8) is 0 Å². The first kappa shape index (κ1) is 25.9. The quantitative estimate of drug-likeness (QED) is 0.202. The molecule has 10 rings (SSSR count). The molecule has 0 aliphatic heterocycles. The summed E-state index contributed by atoms with van der Waals surface area (Å²) in [5, 5.41) is 4.53. The smallest absolute Gasteiger partial charge is 0.164 e. The second-order valence-corrected chi connectivity index (χ2v) is 12.0. The average molecular weight is 600 g/mol. The van der Waals surface area contributed by atoms with Crippen molar-refractivity contribution in [2.75, 3.05) is 0 Å². The Morgan fingerprint density at radius 2 is 0.957 bits per heavy atom. The van der Waals surface area contributed by atoms with Crippen molar-refractivity contribution in [3.8, 4) is 67.5 Å². The molecule has 4 nitrogen and oxygen atoms in total. The van der Waals surface area contributed by atoms with Gasteiger partial charge in [-0.05, 0) is 50.7 Å². The summed E-state index contributed by atoms with van der Waals surface area (Å²) in [5.41, 5.74) is 11.5. The summed E-state index contributed by atoms with van der Waals surface area (Å²) < 4.78 is 6.73. The molecule has 218 valence electrons. The predicted molar refractivity (Wildman–Crippen MR) is 191 cm³/mol. The molecule has 47 heavy (non-hydrogen) atoms. The molecular formula is C43H25N3O. The highest BCUT2D eigenvalue weighted by Gasteiger charge is 2.29. The van der Waals surface area contributed by atoms with Crippen LogP contribution in [-0.4, -0.2) is 15.0 Å². The van der Waals surface area contributed by atoms with Gasteiger partial charge in [-0.1, -0.05) is 140 Å². The maximum atomic E-state index is 6.73. The molecule has 1 aliphatic rings. The van der Waals surface area contributed by atoms with Crippen LogP contribution in [0.4, 0.5) is 0 Å². The van der Waals surface area contributed by atoms with Crippen LogP contribution in [0.25, 0.3) is 100 Å². The molecule has 2 aromatic heterocycles. The first-order valence-electron chi connectivity index (χ1n) is 15.8. The maximum Gasteiger partial charge on any atom is 0.164 e. The molecule has 0 bridgehead atoms. The van der Waals surface area contributed by atoms with Crippen LogP contribution in [0.5, 0.6) is 0 Å². The first-order chi connectivity index (χ1) is 23.3. The normalized spacial score (nSPS) is 11.8. The van der Waals surface area contributed by atoms with Crippen molar-refractivity contribution < 1.29 is 4.42 Å². The molecule has 0 saturated carbocycles. The van der Waals surface area contributed by atoms with E-state index in [2.05, 4.69) is 103 Å². The molecular weight excluding hydrogens is 574 g/mol. The fourth-order valence-electron chi connectivity index (χ4n) is 7.11. The van der Waals surface area contributed by atoms with E-state index in [1.165, 1.54) is 27.5 Å². The number of rotatable bonds is 4. The minimum Gasteiger partial charge on any atom is -0.455 e. The number of hydrogen-bond donors (Lipinski definition) is 0. The third-order valence-electron chi connectivity index (χ3n) is 9.27. The second-order valence-electron chi connectivity index (χ2n) is 12.0. The van der Waals surface area contributed by atoms with Gasteiger partial charge in [-0.3, -0.25) is 0 Å². The third-order valence-corrected chi connectivity index (χ3v) is 9.27. The van der Waals surface area contributed by atoms with Crippen molar-refractivity contribution >= 4 is 32.7 Å². The number of fused-ring (bicyclic) bond motifs is 7. The average Bonchev–Trinajstić information content (AvgIpc) is 3.69. The second kappa shape index (κ2) is 10.1. The van der Waals surface area contributed by atoms with Gasteiger partial charge in [-0.2, -0.15) is 0 Å². The number of furan rings is 1. The Labute approximate surface area is 270 Å². The van der Waals surface area contributed by atoms with Crippen LogP contribution in [0, 0.1) is 0 Å². The monoisotopic (exact) mass is 599 g/mol. The largest absolute Gasteiger partial charge is 0.455 e. The SMILES string of the molecule is c1ccc(-c2ccc(-c3nc(-c4ccccc4)nc(-c4cc5c(c6oc7ccccc7c46)-c4cccc6cccc-5c46)n3)cc2)cc1. The van der Waals surface area contributed by atoms with Gasteiger partial charge in [0, 0.05) is 33.0 Å². The highest BCUT2D eigenvalue weighted by molar-refractivity contribution is 6.25. The zero-order valence-corrected chi connectivity index (χ0v) is 25.2. The number of nitrogens with zero attached hydrogens (tertiary/aromatic N) is 3. The van der Waals surface area contributed by atoms with Gasteiger partial charge in [0.05, 0.1) is 0 Å². The summed E-state index contributed by atoms with van der Waals surface area (Å²) >= 11 is 0. The van der Waals surface area contributed by atoms with Crippen molar-refractivity contribution in [2.45, 2.75) is 0 Å². The highest BCUT2D eigenvalue weighted by atomic mass is 16.3. The lowest BCUT2D eigenvalue weighted by Gasteiger charge is -2.12. The molecule has 0 atom stereocenters. The lowest BCUT2D eigenvalue weighted by Crippen LogP contribution is -2.01. The Kier molecular flexibility index (Phi) is 5.54. The van der Waals surface area contributed by atoms with E-state index >= 15 is 0 Å². The van der Waals surface area contributed by atoms with Gasteiger partial charge < -0.3 is 4.42 Å². The van der Waals surface area contributed by atoms with Gasteiger partial charge in [0.25, 0.3) is 0 Å². The molecule has 0 spiro atoms. The molecule has 0 saturated heterocycles. The van der Waals surface area contributed by atoms with Crippen LogP contribution < -0.4 is 0 Å². The van der Waals surface area contributed by atoms with Crippen LogP contribution in [0.3, 0.4) is 0 Å². The lowest BCUT2D eigenvalue weighted by atomic mass is 9.95. The van der Waals surface area contributed by atoms with Gasteiger partial charge in [-0.15, -0.1) is 0 Å². The van der Waals surface area contributed by atoms with Gasteiger partial charge in [0.2, 0.25) is 0 Å². The van der Waals surface area contributed by atoms with Crippen molar-refractivity contribution in [3.05, 3.63) is 152 Å². The Balaban J connectivity index is 1.25. The topological polar surface area (TPSA) is 51.8 Å². The van der Waals surface area contributed by atoms with Gasteiger partial charge >= 0.3 is 0 Å². The van der Waals surface area contributed by atoms with E-state index in [4.69, 9.17) is 19.4 Å². The molecule has 0 unspecified atom stereocenters. The zero-order valence-electron chi connectivity index (χ0n) is 25.2. The lowest BCUT2D eigenvalue weighted by molar-refractivity contribution is 0.670. The summed E-state index contributed by atoms with van der Waals surface area (Å²) in [7, 11) is 0. The number of benzene rings is 7. The number of aromatic nitrogens is 3. The van der Waals surface area contributed by atoms with E-state index in [9.17, 15) is 0 Å². The molecule has 9 aromatic rings. The van der Waals surface area contributed by atoms with Gasteiger partial charge in [0.1, 0.15) is 11.2 Å². The van der Waals surface area contributed by atoms with Crippen molar-refractivity contribution in [1.82, 2.24) is 15.0 Å². The van der Waals surface area contributed by atoms with Gasteiger partial charge in [0.15, 0.2) is 17.5 Å². The van der Waals surface area contributed by atoms with Crippen LogP contribution in [0.2, 0.25) is 0 Å². The summed E-state index contributed by atoms with van der Waals surface area (Å²) in [5.74, 6) is 1.87. The molecule has 0 radical (unpaired) electrons. The van der Waals surface area contributed by atoms with Crippen molar-refractivity contribution in [2.24, 2.45) is 0 Å². The Hall–Kier alpha value is -6.39. The molecule has 0 amide bonds. The molecule has 2 heterocycles. The van der Waals surface area contributed by atoms with Gasteiger partial charge in [-0.25, -0.2) is 15.0 Å². The fourth-order valence-corrected chi connectivity index (χ4v) is 7.11.